The van der Waals surface area contributed by atoms with Crippen LogP contribution in [0.2, 0.25) is 0 Å². The van der Waals surface area contributed by atoms with E-state index in [1.54, 1.807) is 0 Å². The molecule has 1 aliphatic rings. The van der Waals surface area contributed by atoms with Crippen LogP contribution in [-0.4, -0.2) is 11.0 Å². The Morgan fingerprint density at radius 2 is 1.92 bits per heavy atom. The van der Waals surface area contributed by atoms with Crippen molar-refractivity contribution in [1.29, 1.82) is 0 Å². The highest BCUT2D eigenvalue weighted by molar-refractivity contribution is 5.28. The molecule has 1 N–H and O–H groups in total. The molecule has 0 unspecified atom stereocenters. The van der Waals surface area contributed by atoms with Gasteiger partial charge < -0.3 is 5.32 Å². The van der Waals surface area contributed by atoms with Crippen molar-refractivity contribution in [3.05, 3.63) is 30.1 Å². The lowest BCUT2D eigenvalue weighted by Gasteiger charge is -2.20. The molecule has 1 aromatic heterocycles. The van der Waals surface area contributed by atoms with E-state index in [9.17, 15) is 0 Å². The lowest BCUT2D eigenvalue weighted by Crippen LogP contribution is -2.34. The van der Waals surface area contributed by atoms with E-state index in [1.165, 1.54) is 18.4 Å². The molecule has 2 heteroatoms. The van der Waals surface area contributed by atoms with Crippen LogP contribution in [0.1, 0.15) is 32.3 Å². The summed E-state index contributed by atoms with van der Waals surface area (Å²) in [6.07, 6.45) is 6.26. The summed E-state index contributed by atoms with van der Waals surface area (Å²) >= 11 is 0. The Labute approximate surface area is 79.4 Å². The first-order valence-electron chi connectivity index (χ1n) is 4.91. The van der Waals surface area contributed by atoms with E-state index >= 15 is 0 Å². The molecule has 2 rings (SSSR count). The van der Waals surface area contributed by atoms with Gasteiger partial charge in [0.15, 0.2) is 0 Å². The SMILES string of the molecule is CC(C)NC1(c2ccncc2)CC1. The van der Waals surface area contributed by atoms with Crippen molar-refractivity contribution in [1.82, 2.24) is 10.3 Å². The first-order chi connectivity index (χ1) is 6.23. The summed E-state index contributed by atoms with van der Waals surface area (Å²) in [6.45, 7) is 4.39. The molecule has 1 heterocycles. The van der Waals surface area contributed by atoms with Crippen molar-refractivity contribution in [2.24, 2.45) is 0 Å². The zero-order valence-electron chi connectivity index (χ0n) is 8.25. The minimum absolute atomic E-state index is 0.275. The van der Waals surface area contributed by atoms with Gasteiger partial charge in [0.25, 0.3) is 0 Å². The minimum atomic E-state index is 0.275. The molecule has 0 amide bonds. The molecule has 1 aromatic rings. The van der Waals surface area contributed by atoms with E-state index in [-0.39, 0.29) is 5.54 Å². The molecular weight excluding hydrogens is 160 g/mol. The third-order valence-electron chi connectivity index (χ3n) is 2.55. The van der Waals surface area contributed by atoms with Gasteiger partial charge in [-0.25, -0.2) is 0 Å². The van der Waals surface area contributed by atoms with Crippen LogP contribution in [0.25, 0.3) is 0 Å². The smallest absolute Gasteiger partial charge is 0.0439 e. The molecule has 0 aliphatic heterocycles. The molecule has 1 saturated carbocycles. The second-order valence-electron chi connectivity index (χ2n) is 4.12. The van der Waals surface area contributed by atoms with Gasteiger partial charge in [-0.2, -0.15) is 0 Å². The standard InChI is InChI=1S/C11H16N2/c1-9(2)13-11(5-6-11)10-3-7-12-8-4-10/h3-4,7-9,13H,5-6H2,1-2H3. The second kappa shape index (κ2) is 3.11. The zero-order valence-corrected chi connectivity index (χ0v) is 8.25. The Morgan fingerprint density at radius 3 is 2.38 bits per heavy atom. The predicted octanol–water partition coefficient (Wildman–Crippen LogP) is 2.07. The maximum Gasteiger partial charge on any atom is 0.0439 e. The molecule has 0 aromatic carbocycles. The third-order valence-corrected chi connectivity index (χ3v) is 2.55. The number of hydrogen-bond donors (Lipinski definition) is 1. The Balaban J connectivity index is 2.16. The van der Waals surface area contributed by atoms with Crippen molar-refractivity contribution in [3.8, 4) is 0 Å². The largest absolute Gasteiger partial charge is 0.305 e. The monoisotopic (exact) mass is 176 g/mol. The molecule has 0 radical (unpaired) electrons. The third kappa shape index (κ3) is 1.73. The molecule has 1 aliphatic carbocycles. The molecular formula is C11H16N2. The topological polar surface area (TPSA) is 24.9 Å². The van der Waals surface area contributed by atoms with Crippen molar-refractivity contribution < 1.29 is 0 Å². The van der Waals surface area contributed by atoms with E-state index in [1.807, 2.05) is 12.4 Å². The van der Waals surface area contributed by atoms with Crippen LogP contribution in [0.4, 0.5) is 0 Å². The summed E-state index contributed by atoms with van der Waals surface area (Å²) in [5, 5.41) is 3.62. The van der Waals surface area contributed by atoms with E-state index in [0.717, 1.165) is 0 Å². The molecule has 2 nitrogen and oxygen atoms in total. The number of aromatic nitrogens is 1. The Hall–Kier alpha value is -0.890. The number of pyridine rings is 1. The van der Waals surface area contributed by atoms with Crippen molar-refractivity contribution in [2.75, 3.05) is 0 Å². The highest BCUT2D eigenvalue weighted by Crippen LogP contribution is 2.45. The number of nitrogens with one attached hydrogen (secondary N) is 1. The van der Waals surface area contributed by atoms with Gasteiger partial charge in [-0.05, 0) is 30.5 Å². The molecule has 0 bridgehead atoms. The molecule has 70 valence electrons. The average Bonchev–Trinajstić information content (AvgIpc) is 2.86. The second-order valence-corrected chi connectivity index (χ2v) is 4.12. The van der Waals surface area contributed by atoms with Crippen LogP contribution in [0.5, 0.6) is 0 Å². The van der Waals surface area contributed by atoms with Gasteiger partial charge in [0, 0.05) is 24.0 Å². The van der Waals surface area contributed by atoms with Crippen molar-refractivity contribution >= 4 is 0 Å². The van der Waals surface area contributed by atoms with Gasteiger partial charge in [-0.15, -0.1) is 0 Å². The summed E-state index contributed by atoms with van der Waals surface area (Å²) in [4.78, 5) is 4.04. The number of hydrogen-bond acceptors (Lipinski definition) is 2. The van der Waals surface area contributed by atoms with E-state index in [4.69, 9.17) is 0 Å². The van der Waals surface area contributed by atoms with Gasteiger partial charge in [-0.3, -0.25) is 4.98 Å². The maximum atomic E-state index is 4.04. The summed E-state index contributed by atoms with van der Waals surface area (Å²) in [6, 6.07) is 4.78. The van der Waals surface area contributed by atoms with Gasteiger partial charge >= 0.3 is 0 Å². The van der Waals surface area contributed by atoms with Crippen molar-refractivity contribution in [2.45, 2.75) is 38.3 Å². The van der Waals surface area contributed by atoms with Crippen molar-refractivity contribution in [3.63, 3.8) is 0 Å². The van der Waals surface area contributed by atoms with Gasteiger partial charge in [0.2, 0.25) is 0 Å². The lowest BCUT2D eigenvalue weighted by atomic mass is 10.1. The summed E-state index contributed by atoms with van der Waals surface area (Å²) in [7, 11) is 0. The molecule has 0 atom stereocenters. The lowest BCUT2D eigenvalue weighted by molar-refractivity contribution is 0.461. The highest BCUT2D eigenvalue weighted by Gasteiger charge is 2.44. The fourth-order valence-corrected chi connectivity index (χ4v) is 1.86. The van der Waals surface area contributed by atoms with Crippen LogP contribution in [0, 0.1) is 0 Å². The highest BCUT2D eigenvalue weighted by atomic mass is 15.0. The minimum Gasteiger partial charge on any atom is -0.305 e. The Bertz CT molecular complexity index is 275. The summed E-state index contributed by atoms with van der Waals surface area (Å²) < 4.78 is 0. The quantitative estimate of drug-likeness (QED) is 0.762. The Kier molecular flexibility index (Phi) is 2.08. The van der Waals surface area contributed by atoms with Crippen LogP contribution in [-0.2, 0) is 5.54 Å². The normalized spacial score (nSPS) is 19.0. The molecule has 1 fully saturated rings. The van der Waals surface area contributed by atoms with Crippen LogP contribution in [0.3, 0.4) is 0 Å². The molecule has 0 spiro atoms. The van der Waals surface area contributed by atoms with E-state index < -0.39 is 0 Å². The fourth-order valence-electron chi connectivity index (χ4n) is 1.86. The number of rotatable bonds is 3. The number of nitrogens with zero attached hydrogens (tertiary/aromatic N) is 1. The van der Waals surface area contributed by atoms with Crippen LogP contribution >= 0.6 is 0 Å². The maximum absolute atomic E-state index is 4.04. The first kappa shape index (κ1) is 8.70. The van der Waals surface area contributed by atoms with Crippen LogP contribution in [0.15, 0.2) is 24.5 Å². The molecule has 13 heavy (non-hydrogen) atoms. The molecule has 0 saturated heterocycles. The van der Waals surface area contributed by atoms with Gasteiger partial charge in [0.05, 0.1) is 0 Å². The average molecular weight is 176 g/mol. The summed E-state index contributed by atoms with van der Waals surface area (Å²) in [5.74, 6) is 0. The summed E-state index contributed by atoms with van der Waals surface area (Å²) in [5.41, 5.74) is 1.66. The van der Waals surface area contributed by atoms with Gasteiger partial charge in [-0.1, -0.05) is 13.8 Å². The fraction of sp³-hybridized carbons (Fsp3) is 0.545. The zero-order chi connectivity index (χ0) is 9.31. The van der Waals surface area contributed by atoms with E-state index in [0.29, 0.717) is 6.04 Å². The first-order valence-corrected chi connectivity index (χ1v) is 4.91. The Morgan fingerprint density at radius 1 is 1.31 bits per heavy atom. The van der Waals surface area contributed by atoms with Gasteiger partial charge in [0.1, 0.15) is 0 Å². The predicted molar refractivity (Wildman–Crippen MR) is 53.4 cm³/mol. The van der Waals surface area contributed by atoms with Crippen LogP contribution < -0.4 is 5.32 Å². The van der Waals surface area contributed by atoms with E-state index in [2.05, 4.69) is 36.3 Å².